The van der Waals surface area contributed by atoms with E-state index in [4.69, 9.17) is 4.74 Å². The highest BCUT2D eigenvalue weighted by atomic mass is 32.2. The molecule has 1 aromatic rings. The van der Waals surface area contributed by atoms with E-state index in [1.165, 1.54) is 0 Å². The second-order valence-electron chi connectivity index (χ2n) is 5.17. The zero-order valence-electron chi connectivity index (χ0n) is 12.3. The molecule has 2 rings (SSSR count). The van der Waals surface area contributed by atoms with Crippen LogP contribution in [0.3, 0.4) is 0 Å². The van der Waals surface area contributed by atoms with Gasteiger partial charge in [0.1, 0.15) is 0 Å². The Morgan fingerprint density at radius 2 is 2.00 bits per heavy atom. The third-order valence-corrected chi connectivity index (χ3v) is 5.59. The van der Waals surface area contributed by atoms with E-state index in [2.05, 4.69) is 0 Å². The zero-order valence-corrected chi connectivity index (χ0v) is 13.2. The number of allylic oxidation sites excluding steroid dienone is 1. The van der Waals surface area contributed by atoms with Crippen molar-refractivity contribution in [3.63, 3.8) is 0 Å². The Balaban J connectivity index is 2.16. The van der Waals surface area contributed by atoms with Crippen LogP contribution < -0.4 is 0 Å². The monoisotopic (exact) mass is 308 g/mol. The first-order chi connectivity index (χ1) is 9.94. The first-order valence-electron chi connectivity index (χ1n) is 7.14. The fraction of sp³-hybridized carbons (Fsp3) is 0.438. The lowest BCUT2D eigenvalue weighted by Crippen LogP contribution is -2.12. The van der Waals surface area contributed by atoms with Gasteiger partial charge < -0.3 is 4.74 Å². The molecule has 4 nitrogen and oxygen atoms in total. The number of benzene rings is 1. The van der Waals surface area contributed by atoms with E-state index in [1.54, 1.807) is 19.9 Å². The number of carbonyl (C=O) groups excluding carboxylic acids is 1. The first-order valence-corrected chi connectivity index (χ1v) is 8.79. The number of carbonyl (C=O) groups is 1. The fourth-order valence-electron chi connectivity index (χ4n) is 2.36. The maximum Gasteiger partial charge on any atom is 0.313 e. The van der Waals surface area contributed by atoms with Crippen LogP contribution in [-0.2, 0) is 19.4 Å². The van der Waals surface area contributed by atoms with Gasteiger partial charge in [-0.2, -0.15) is 0 Å². The SMILES string of the molecule is CCOC(=O)C(C)c1ccc(C=C2CCCS2(=O)=O)cc1. The molecule has 21 heavy (non-hydrogen) atoms. The Morgan fingerprint density at radius 3 is 2.52 bits per heavy atom. The first kappa shape index (κ1) is 15.8. The average Bonchev–Trinajstić information content (AvgIpc) is 2.78. The van der Waals surface area contributed by atoms with Crippen molar-refractivity contribution in [2.24, 2.45) is 0 Å². The van der Waals surface area contributed by atoms with Gasteiger partial charge in [-0.05, 0) is 43.9 Å². The van der Waals surface area contributed by atoms with Crippen molar-refractivity contribution in [3.05, 3.63) is 40.3 Å². The standard InChI is InChI=1S/C16H20O4S/c1-3-20-16(17)12(2)14-8-6-13(7-9-14)11-15-5-4-10-21(15,18)19/h6-9,11-12H,3-5,10H2,1-2H3. The molecule has 0 aromatic heterocycles. The number of sulfone groups is 1. The predicted octanol–water partition coefficient (Wildman–Crippen LogP) is 2.90. The molecule has 1 saturated heterocycles. The van der Waals surface area contributed by atoms with E-state index in [-0.39, 0.29) is 17.6 Å². The van der Waals surface area contributed by atoms with Gasteiger partial charge in [0, 0.05) is 4.91 Å². The minimum atomic E-state index is -3.05. The molecule has 1 aromatic carbocycles. The van der Waals surface area contributed by atoms with Crippen LogP contribution in [0.15, 0.2) is 29.2 Å². The van der Waals surface area contributed by atoms with E-state index < -0.39 is 9.84 Å². The Bertz CT molecular complexity index is 641. The minimum absolute atomic E-state index is 0.247. The van der Waals surface area contributed by atoms with Gasteiger partial charge in [-0.3, -0.25) is 4.79 Å². The van der Waals surface area contributed by atoms with Crippen molar-refractivity contribution in [2.75, 3.05) is 12.4 Å². The maximum atomic E-state index is 11.8. The van der Waals surface area contributed by atoms with Crippen LogP contribution in [-0.4, -0.2) is 26.7 Å². The van der Waals surface area contributed by atoms with Gasteiger partial charge in [0.05, 0.1) is 18.3 Å². The van der Waals surface area contributed by atoms with Crippen molar-refractivity contribution in [2.45, 2.75) is 32.6 Å². The van der Waals surface area contributed by atoms with Gasteiger partial charge in [-0.25, -0.2) is 8.42 Å². The lowest BCUT2D eigenvalue weighted by molar-refractivity contribution is -0.144. The Hall–Kier alpha value is -1.62. The normalized spacial score (nSPS) is 20.4. The number of rotatable bonds is 4. The molecule has 1 atom stereocenters. The van der Waals surface area contributed by atoms with Crippen LogP contribution in [0.1, 0.15) is 43.7 Å². The van der Waals surface area contributed by atoms with E-state index in [1.807, 2.05) is 24.3 Å². The van der Waals surface area contributed by atoms with Gasteiger partial charge >= 0.3 is 5.97 Å². The van der Waals surface area contributed by atoms with Crippen molar-refractivity contribution >= 4 is 21.9 Å². The summed E-state index contributed by atoms with van der Waals surface area (Å²) in [7, 11) is -3.05. The van der Waals surface area contributed by atoms with Crippen LogP contribution in [0, 0.1) is 0 Å². The summed E-state index contributed by atoms with van der Waals surface area (Å²) in [5.41, 5.74) is 1.71. The van der Waals surface area contributed by atoms with Crippen LogP contribution >= 0.6 is 0 Å². The Labute approximate surface area is 125 Å². The molecular formula is C16H20O4S. The molecule has 0 saturated carbocycles. The fourth-order valence-corrected chi connectivity index (χ4v) is 3.91. The van der Waals surface area contributed by atoms with E-state index in [0.717, 1.165) is 11.1 Å². The molecular weight excluding hydrogens is 288 g/mol. The summed E-state index contributed by atoms with van der Waals surface area (Å²) >= 11 is 0. The van der Waals surface area contributed by atoms with Gasteiger partial charge in [-0.1, -0.05) is 24.3 Å². The number of hydrogen-bond donors (Lipinski definition) is 0. The molecule has 0 N–H and O–H groups in total. The smallest absolute Gasteiger partial charge is 0.313 e. The molecule has 114 valence electrons. The quantitative estimate of drug-likeness (QED) is 0.802. The molecule has 5 heteroatoms. The maximum absolute atomic E-state index is 11.8. The molecule has 1 heterocycles. The molecule has 0 radical (unpaired) electrons. The predicted molar refractivity (Wildman–Crippen MR) is 82.5 cm³/mol. The summed E-state index contributed by atoms with van der Waals surface area (Å²) in [5, 5.41) is 0. The Morgan fingerprint density at radius 1 is 1.33 bits per heavy atom. The molecule has 1 fully saturated rings. The molecule has 0 bridgehead atoms. The third kappa shape index (κ3) is 3.73. The highest BCUT2D eigenvalue weighted by molar-refractivity contribution is 7.95. The van der Waals surface area contributed by atoms with Crippen molar-refractivity contribution in [3.8, 4) is 0 Å². The summed E-state index contributed by atoms with van der Waals surface area (Å²) in [6.45, 7) is 3.94. The molecule has 0 spiro atoms. The summed E-state index contributed by atoms with van der Waals surface area (Å²) < 4.78 is 28.5. The highest BCUT2D eigenvalue weighted by Crippen LogP contribution is 2.27. The topological polar surface area (TPSA) is 60.4 Å². The molecule has 0 aliphatic carbocycles. The molecule has 1 unspecified atom stereocenters. The van der Waals surface area contributed by atoms with Crippen molar-refractivity contribution < 1.29 is 17.9 Å². The van der Waals surface area contributed by atoms with Crippen LogP contribution in [0.4, 0.5) is 0 Å². The number of esters is 1. The summed E-state index contributed by atoms with van der Waals surface area (Å²) in [6.07, 6.45) is 3.04. The summed E-state index contributed by atoms with van der Waals surface area (Å²) in [6, 6.07) is 7.36. The summed E-state index contributed by atoms with van der Waals surface area (Å²) in [5.74, 6) is -0.319. The number of hydrogen-bond acceptors (Lipinski definition) is 4. The van der Waals surface area contributed by atoms with Gasteiger partial charge in [-0.15, -0.1) is 0 Å². The second-order valence-corrected chi connectivity index (χ2v) is 7.34. The van der Waals surface area contributed by atoms with Gasteiger partial charge in [0.2, 0.25) is 0 Å². The average molecular weight is 308 g/mol. The second kappa shape index (κ2) is 6.43. The molecule has 1 aliphatic rings. The summed E-state index contributed by atoms with van der Waals surface area (Å²) in [4.78, 5) is 12.2. The van der Waals surface area contributed by atoms with Crippen molar-refractivity contribution in [1.82, 2.24) is 0 Å². The van der Waals surface area contributed by atoms with Crippen molar-refractivity contribution in [1.29, 1.82) is 0 Å². The number of ether oxygens (including phenoxy) is 1. The minimum Gasteiger partial charge on any atom is -0.466 e. The Kier molecular flexibility index (Phi) is 4.83. The van der Waals surface area contributed by atoms with E-state index in [0.29, 0.717) is 24.4 Å². The molecule has 0 amide bonds. The highest BCUT2D eigenvalue weighted by Gasteiger charge is 2.24. The van der Waals surface area contributed by atoms with Gasteiger partial charge in [0.15, 0.2) is 9.84 Å². The van der Waals surface area contributed by atoms with Crippen LogP contribution in [0.5, 0.6) is 0 Å². The van der Waals surface area contributed by atoms with E-state index in [9.17, 15) is 13.2 Å². The van der Waals surface area contributed by atoms with Crippen LogP contribution in [0.2, 0.25) is 0 Å². The lowest BCUT2D eigenvalue weighted by atomic mass is 10.00. The zero-order chi connectivity index (χ0) is 15.5. The largest absolute Gasteiger partial charge is 0.466 e. The van der Waals surface area contributed by atoms with Gasteiger partial charge in [0.25, 0.3) is 0 Å². The van der Waals surface area contributed by atoms with E-state index >= 15 is 0 Å². The molecule has 1 aliphatic heterocycles. The third-order valence-electron chi connectivity index (χ3n) is 3.64. The van der Waals surface area contributed by atoms with Crippen LogP contribution in [0.25, 0.3) is 6.08 Å². The lowest BCUT2D eigenvalue weighted by Gasteiger charge is -2.11.